The van der Waals surface area contributed by atoms with Crippen LogP contribution in [0, 0.1) is 0 Å². The van der Waals surface area contributed by atoms with E-state index < -0.39 is 6.29 Å². The van der Waals surface area contributed by atoms with Crippen LogP contribution in [-0.4, -0.2) is 32.0 Å². The van der Waals surface area contributed by atoms with Gasteiger partial charge in [0, 0.05) is 20.1 Å². The summed E-state index contributed by atoms with van der Waals surface area (Å²) in [6.45, 7) is 6.65. The van der Waals surface area contributed by atoms with Crippen molar-refractivity contribution in [2.75, 3.05) is 25.1 Å². The average molecular weight is 267 g/mol. The molecule has 0 unspecified atom stereocenters. The van der Waals surface area contributed by atoms with Crippen LogP contribution in [0.2, 0.25) is 0 Å². The quantitative estimate of drug-likeness (QED) is 0.735. The van der Waals surface area contributed by atoms with Crippen LogP contribution in [0.1, 0.15) is 20.8 Å². The molecule has 0 bridgehead atoms. The fourth-order valence-corrected chi connectivity index (χ4v) is 1.56. The number of carbonyl (C=O) groups excluding carboxylic acids is 1. The average Bonchev–Trinajstić information content (AvgIpc) is 2.37. The van der Waals surface area contributed by atoms with Crippen LogP contribution >= 0.6 is 0 Å². The summed E-state index contributed by atoms with van der Waals surface area (Å²) < 4.78 is 16.4. The maximum Gasteiger partial charge on any atom is 0.221 e. The monoisotopic (exact) mass is 267 g/mol. The van der Waals surface area contributed by atoms with Gasteiger partial charge in [-0.05, 0) is 26.0 Å². The van der Waals surface area contributed by atoms with Gasteiger partial charge in [-0.25, -0.2) is 0 Å². The molecule has 0 aromatic heterocycles. The topological polar surface area (TPSA) is 56.8 Å². The van der Waals surface area contributed by atoms with Gasteiger partial charge in [-0.2, -0.15) is 0 Å². The first kappa shape index (κ1) is 15.5. The molecule has 1 N–H and O–H groups in total. The van der Waals surface area contributed by atoms with E-state index in [9.17, 15) is 4.79 Å². The van der Waals surface area contributed by atoms with Gasteiger partial charge >= 0.3 is 0 Å². The van der Waals surface area contributed by atoms with E-state index in [1.165, 1.54) is 6.92 Å². The van der Waals surface area contributed by atoms with Gasteiger partial charge in [-0.15, -0.1) is 0 Å². The van der Waals surface area contributed by atoms with E-state index in [1.54, 1.807) is 12.1 Å². The van der Waals surface area contributed by atoms with Crippen LogP contribution in [0.5, 0.6) is 5.75 Å². The highest BCUT2D eigenvalue weighted by molar-refractivity contribution is 5.90. The molecule has 1 aromatic carbocycles. The molecule has 1 amide bonds. The van der Waals surface area contributed by atoms with Crippen molar-refractivity contribution in [1.29, 1.82) is 0 Å². The first-order valence-corrected chi connectivity index (χ1v) is 6.40. The fraction of sp³-hybridized carbons (Fsp3) is 0.500. The van der Waals surface area contributed by atoms with E-state index >= 15 is 0 Å². The summed E-state index contributed by atoms with van der Waals surface area (Å²) in [5, 5.41) is 2.72. The summed E-state index contributed by atoms with van der Waals surface area (Å²) in [6, 6.07) is 7.25. The lowest BCUT2D eigenvalue weighted by atomic mass is 10.3. The van der Waals surface area contributed by atoms with E-state index in [1.807, 2.05) is 26.0 Å². The van der Waals surface area contributed by atoms with Gasteiger partial charge in [0.25, 0.3) is 0 Å². The molecule has 5 nitrogen and oxygen atoms in total. The van der Waals surface area contributed by atoms with Crippen LogP contribution in [-0.2, 0) is 14.3 Å². The SMILES string of the molecule is CCOC(COc1ccccc1NC(C)=O)OCC. The summed E-state index contributed by atoms with van der Waals surface area (Å²) in [5.41, 5.74) is 0.641. The third-order valence-corrected chi connectivity index (χ3v) is 2.28. The third kappa shape index (κ3) is 5.72. The largest absolute Gasteiger partial charge is 0.486 e. The van der Waals surface area contributed by atoms with Crippen molar-refractivity contribution in [3.05, 3.63) is 24.3 Å². The fourth-order valence-electron chi connectivity index (χ4n) is 1.56. The van der Waals surface area contributed by atoms with Crippen LogP contribution in [0.3, 0.4) is 0 Å². The molecular weight excluding hydrogens is 246 g/mol. The molecule has 0 spiro atoms. The zero-order valence-corrected chi connectivity index (χ0v) is 11.6. The molecule has 0 saturated heterocycles. The van der Waals surface area contributed by atoms with Gasteiger partial charge in [-0.3, -0.25) is 4.79 Å². The van der Waals surface area contributed by atoms with Crippen LogP contribution in [0.15, 0.2) is 24.3 Å². The Morgan fingerprint density at radius 3 is 2.42 bits per heavy atom. The van der Waals surface area contributed by atoms with E-state index in [-0.39, 0.29) is 12.5 Å². The molecule has 19 heavy (non-hydrogen) atoms. The molecule has 1 rings (SSSR count). The summed E-state index contributed by atoms with van der Waals surface area (Å²) in [4.78, 5) is 11.1. The maximum atomic E-state index is 11.1. The van der Waals surface area contributed by atoms with Crippen molar-refractivity contribution in [1.82, 2.24) is 0 Å². The van der Waals surface area contributed by atoms with E-state index in [2.05, 4.69) is 5.32 Å². The van der Waals surface area contributed by atoms with Crippen molar-refractivity contribution >= 4 is 11.6 Å². The lowest BCUT2D eigenvalue weighted by Gasteiger charge is -2.18. The first-order chi connectivity index (χ1) is 9.17. The van der Waals surface area contributed by atoms with Crippen molar-refractivity contribution in [3.8, 4) is 5.75 Å². The number of carbonyl (C=O) groups is 1. The number of nitrogens with one attached hydrogen (secondary N) is 1. The number of anilines is 1. The maximum absolute atomic E-state index is 11.1. The Kier molecular flexibility index (Phi) is 6.92. The summed E-state index contributed by atoms with van der Waals surface area (Å²) in [6.07, 6.45) is -0.402. The van der Waals surface area contributed by atoms with Gasteiger partial charge < -0.3 is 19.5 Å². The summed E-state index contributed by atoms with van der Waals surface area (Å²) >= 11 is 0. The summed E-state index contributed by atoms with van der Waals surface area (Å²) in [7, 11) is 0. The van der Waals surface area contributed by atoms with Crippen LogP contribution in [0.25, 0.3) is 0 Å². The Balaban J connectivity index is 2.62. The van der Waals surface area contributed by atoms with E-state index in [0.717, 1.165) is 0 Å². The van der Waals surface area contributed by atoms with Gasteiger partial charge in [0.05, 0.1) is 5.69 Å². The summed E-state index contributed by atoms with van der Waals surface area (Å²) in [5.74, 6) is 0.462. The molecule has 0 fully saturated rings. The van der Waals surface area contributed by atoms with Crippen LogP contribution in [0.4, 0.5) is 5.69 Å². The minimum absolute atomic E-state index is 0.137. The van der Waals surface area contributed by atoms with Crippen molar-refractivity contribution in [3.63, 3.8) is 0 Å². The van der Waals surface area contributed by atoms with Crippen LogP contribution < -0.4 is 10.1 Å². The minimum atomic E-state index is -0.402. The number of hydrogen-bond donors (Lipinski definition) is 1. The number of para-hydroxylation sites is 2. The molecule has 0 heterocycles. The van der Waals surface area contributed by atoms with Crippen molar-refractivity contribution in [2.45, 2.75) is 27.1 Å². The molecule has 0 atom stereocenters. The lowest BCUT2D eigenvalue weighted by molar-refractivity contribution is -0.152. The zero-order chi connectivity index (χ0) is 14.1. The second kappa shape index (κ2) is 8.50. The second-order valence-corrected chi connectivity index (χ2v) is 3.83. The Hall–Kier alpha value is -1.59. The van der Waals surface area contributed by atoms with Gasteiger partial charge in [0.15, 0.2) is 6.29 Å². The zero-order valence-electron chi connectivity index (χ0n) is 11.6. The number of hydrogen-bond acceptors (Lipinski definition) is 4. The molecule has 0 saturated carbocycles. The molecule has 5 heteroatoms. The number of rotatable bonds is 8. The first-order valence-electron chi connectivity index (χ1n) is 6.40. The molecular formula is C14H21NO4. The molecule has 0 aliphatic rings. The van der Waals surface area contributed by atoms with Crippen molar-refractivity contribution < 1.29 is 19.0 Å². The molecule has 0 radical (unpaired) electrons. The van der Waals surface area contributed by atoms with Crippen molar-refractivity contribution in [2.24, 2.45) is 0 Å². The Morgan fingerprint density at radius 1 is 1.21 bits per heavy atom. The van der Waals surface area contributed by atoms with Gasteiger partial charge in [-0.1, -0.05) is 12.1 Å². The standard InChI is InChI=1S/C14H21NO4/c1-4-17-14(18-5-2)10-19-13-9-7-6-8-12(13)15-11(3)16/h6-9,14H,4-5,10H2,1-3H3,(H,15,16). The highest BCUT2D eigenvalue weighted by Gasteiger charge is 2.11. The normalized spacial score (nSPS) is 10.5. The van der Waals surface area contributed by atoms with E-state index in [4.69, 9.17) is 14.2 Å². The number of benzene rings is 1. The lowest BCUT2D eigenvalue weighted by Crippen LogP contribution is -2.25. The molecule has 0 aliphatic carbocycles. The second-order valence-electron chi connectivity index (χ2n) is 3.83. The molecule has 0 aliphatic heterocycles. The predicted molar refractivity (Wildman–Crippen MR) is 73.3 cm³/mol. The highest BCUT2D eigenvalue weighted by atomic mass is 16.7. The predicted octanol–water partition coefficient (Wildman–Crippen LogP) is 2.42. The Labute approximate surface area is 113 Å². The highest BCUT2D eigenvalue weighted by Crippen LogP contribution is 2.23. The smallest absolute Gasteiger partial charge is 0.221 e. The molecule has 106 valence electrons. The Morgan fingerprint density at radius 2 is 1.84 bits per heavy atom. The minimum Gasteiger partial charge on any atom is -0.486 e. The third-order valence-electron chi connectivity index (χ3n) is 2.28. The number of amides is 1. The number of ether oxygens (including phenoxy) is 3. The molecule has 1 aromatic rings. The van der Waals surface area contributed by atoms with E-state index in [0.29, 0.717) is 24.7 Å². The Bertz CT molecular complexity index is 389. The van der Waals surface area contributed by atoms with Gasteiger partial charge in [0.1, 0.15) is 12.4 Å². The van der Waals surface area contributed by atoms with Gasteiger partial charge in [0.2, 0.25) is 5.91 Å².